The number of benzene rings is 6. The number of carbonyl (C=O) groups is 3. The van der Waals surface area contributed by atoms with Crippen LogP contribution in [0.1, 0.15) is 72.3 Å². The number of ether oxygens (including phenoxy) is 6. The van der Waals surface area contributed by atoms with Crippen molar-refractivity contribution in [1.29, 1.82) is 0 Å². The first kappa shape index (κ1) is 95.0. The maximum absolute atomic E-state index is 15.0. The Labute approximate surface area is 772 Å². The number of aromatic nitrogens is 6. The maximum Gasteiger partial charge on any atom is 0.318 e. The highest BCUT2D eigenvalue weighted by atomic mass is 35.5. The molecular weight excluding hydrogens is 1740 g/mol. The summed E-state index contributed by atoms with van der Waals surface area (Å²) >= 11 is 6.66. The first-order valence-electron chi connectivity index (χ1n) is 42.7. The van der Waals surface area contributed by atoms with Crippen LogP contribution in [-0.2, 0) is 67.5 Å². The zero-order chi connectivity index (χ0) is 87.6. The van der Waals surface area contributed by atoms with Crippen molar-refractivity contribution in [3.05, 3.63) is 225 Å². The monoisotopic (exact) mass is 1840 g/mol. The summed E-state index contributed by atoms with van der Waals surface area (Å²) in [4.78, 5) is 93.6. The molecule has 9 aliphatic rings. The highest BCUT2D eigenvalue weighted by molar-refractivity contribution is 7.59. The largest absolute Gasteiger partial charge is 0.508 e. The molecule has 3 saturated carbocycles. The molecule has 9 aromatic rings. The lowest BCUT2D eigenvalue weighted by atomic mass is 10.0. The van der Waals surface area contributed by atoms with Crippen LogP contribution in [0.2, 0.25) is 5.02 Å². The number of anilines is 6. The van der Waals surface area contributed by atoms with Gasteiger partial charge in [0.15, 0.2) is 17.5 Å². The van der Waals surface area contributed by atoms with Crippen LogP contribution in [-0.4, -0.2) is 242 Å². The van der Waals surface area contributed by atoms with Crippen molar-refractivity contribution >= 4 is 137 Å². The van der Waals surface area contributed by atoms with E-state index in [-0.39, 0.29) is 109 Å². The Hall–Kier alpha value is -11.6. The molecule has 6 fully saturated rings. The summed E-state index contributed by atoms with van der Waals surface area (Å²) in [7, 11) is 0. The maximum atomic E-state index is 15.0. The van der Waals surface area contributed by atoms with Crippen molar-refractivity contribution in [2.75, 3.05) is 167 Å². The Morgan fingerprint density at radius 3 is 1.16 bits per heavy atom. The number of piperazine rings is 3. The molecule has 18 rings (SSSR count). The molecule has 36 heteroatoms. The van der Waals surface area contributed by atoms with E-state index in [0.29, 0.717) is 171 Å². The number of rotatable bonds is 27. The highest BCUT2D eigenvalue weighted by Crippen LogP contribution is 2.42. The van der Waals surface area contributed by atoms with E-state index < -0.39 is 53.3 Å². The fraction of sp³-hybridized carbons (Fsp3) is 0.419. The van der Waals surface area contributed by atoms with Gasteiger partial charge in [-0.25, -0.2) is 37.3 Å². The van der Waals surface area contributed by atoms with Gasteiger partial charge in [0.1, 0.15) is 67.0 Å². The number of carbonyl (C=O) groups excluding carboxylic acids is 3. The van der Waals surface area contributed by atoms with Gasteiger partial charge in [0.2, 0.25) is 19.6 Å². The van der Waals surface area contributed by atoms with Crippen molar-refractivity contribution < 1.29 is 65.5 Å². The van der Waals surface area contributed by atoms with Gasteiger partial charge >= 0.3 is 18.0 Å². The van der Waals surface area contributed by atoms with E-state index in [1.54, 1.807) is 18.2 Å². The van der Waals surface area contributed by atoms with Crippen LogP contribution in [0.4, 0.5) is 52.1 Å². The summed E-state index contributed by atoms with van der Waals surface area (Å²) in [5, 5.41) is 16.6. The van der Waals surface area contributed by atoms with Crippen LogP contribution < -0.4 is 43.6 Å². The van der Waals surface area contributed by atoms with E-state index in [9.17, 15) is 37.1 Å². The number of hydrogen-bond donors (Lipinski definition) is 1. The SMILES string of the molecule is S.S.S.[C-]#[N+]C[C@H]1CN(c2nc(OCCOC3CC3)nc3c2CCN(c2cc(O)cc4ccccc24)C3)CCN1C(=O)C(=C)F.[C-]#[N+]C[C@H]1CN(c2nc(OCCOC3CC3)nc3c2CCN(c2cccc4cccc(Cl)c24)C3)CCN1C(=O)C(=C)F.[C-]#[N+]C[C@H]1CN(c2nc(OCCOC3CC3)nc3c2CCN(c2cccc4cccc(F)c24)C3)CCN1C(=O)C(=C)F. The third-order valence-corrected chi connectivity index (χ3v) is 24.2. The summed E-state index contributed by atoms with van der Waals surface area (Å²) in [5.74, 6) is -3.36. The Morgan fingerprint density at radius 1 is 0.426 bits per heavy atom. The van der Waals surface area contributed by atoms with Crippen molar-refractivity contribution in [2.24, 2.45) is 0 Å². The number of aromatic hydroxyl groups is 1. The Balaban J connectivity index is 0.000000163. The van der Waals surface area contributed by atoms with E-state index in [2.05, 4.69) is 72.1 Å². The molecule has 6 aliphatic heterocycles. The quantitative estimate of drug-likeness (QED) is 0.0217. The molecule has 129 heavy (non-hydrogen) atoms. The fourth-order valence-corrected chi connectivity index (χ4v) is 17.6. The first-order chi connectivity index (χ1) is 61.3. The first-order valence-corrected chi connectivity index (χ1v) is 43.1. The summed E-state index contributed by atoms with van der Waals surface area (Å²) in [6, 6.07) is 33.6. The predicted octanol–water partition coefficient (Wildman–Crippen LogP) is 13.3. The molecular formula is C93H103ClF4N18O10S3. The molecule has 6 aromatic carbocycles. The molecule has 0 radical (unpaired) electrons. The van der Waals surface area contributed by atoms with Gasteiger partial charge in [0.05, 0.1) is 79.9 Å². The molecule has 3 aromatic heterocycles. The van der Waals surface area contributed by atoms with Gasteiger partial charge in [-0.05, 0) is 104 Å². The summed E-state index contributed by atoms with van der Waals surface area (Å²) in [6.45, 7) is 40.6. The minimum Gasteiger partial charge on any atom is -0.508 e. The van der Waals surface area contributed by atoms with E-state index in [4.69, 9.17) is 89.6 Å². The molecule has 1 N–H and O–H groups in total. The number of fused-ring (bicyclic) bond motifs is 6. The predicted molar refractivity (Wildman–Crippen MR) is 502 cm³/mol. The van der Waals surface area contributed by atoms with Crippen molar-refractivity contribution in [1.82, 2.24) is 44.6 Å². The topological polar surface area (TPSA) is 246 Å². The summed E-state index contributed by atoms with van der Waals surface area (Å²) in [5.41, 5.74) is 8.14. The Morgan fingerprint density at radius 2 is 0.775 bits per heavy atom. The van der Waals surface area contributed by atoms with Crippen molar-refractivity contribution in [3.8, 4) is 23.8 Å². The highest BCUT2D eigenvalue weighted by Gasteiger charge is 2.42. The molecule has 9 heterocycles. The van der Waals surface area contributed by atoms with E-state index >= 15 is 0 Å². The van der Waals surface area contributed by atoms with E-state index in [1.807, 2.05) is 76.5 Å². The number of phenolic OH excluding ortho intramolecular Hbond substituents is 1. The minimum absolute atomic E-state index is 0. The third kappa shape index (κ3) is 22.5. The van der Waals surface area contributed by atoms with Crippen LogP contribution in [0, 0.1) is 25.5 Å². The van der Waals surface area contributed by atoms with Crippen molar-refractivity contribution in [2.45, 2.75) is 114 Å². The molecule has 0 unspecified atom stereocenters. The lowest BCUT2D eigenvalue weighted by Gasteiger charge is -2.41. The standard InChI is InChI=1S/C31H32ClFN6O3.C31H32F2N6O3.C31H33FN6O4.3H2S/c1-20(33)30(40)39-14-13-38(18-22(39)17-34-2)29-24-11-12-37(27-8-4-6-21-5-3-7-25(32)28(21)27)19-26(24)35-31(36-29)42-16-15-41-23-9-10-23;1-20(32)30(40)39-14-13-38(18-22(39)17-34-2)29-24-11-12-37(27-8-4-6-21-5-3-7-25(33)28(21)27)19-26(24)35-31(36-29)42-16-15-41-23-9-10-23;1-20(32)30(40)38-12-11-37(18-22(38)17-33-2)29-26-9-10-36(28-16-23(39)15-21-5-3-4-6-25(21)28)19-27(26)34-31(35-29)42-14-13-41-24-7-8-24;;;/h2*3-8,22-23H,1,9-19H2;3-6,15-16,22,24,39H,1,7-14,17-19H2;3*1H2/t3*22-;;;/m000.../s1. The zero-order valence-corrected chi connectivity index (χ0v) is 75.1. The molecule has 0 spiro atoms. The lowest BCUT2D eigenvalue weighted by Crippen LogP contribution is -2.57. The van der Waals surface area contributed by atoms with Crippen LogP contribution in [0.5, 0.6) is 23.8 Å². The van der Waals surface area contributed by atoms with Crippen LogP contribution >= 0.6 is 52.1 Å². The summed E-state index contributed by atoms with van der Waals surface area (Å²) in [6.07, 6.45) is 9.36. The average molecular weight is 1840 g/mol. The summed E-state index contributed by atoms with van der Waals surface area (Å²) < 4.78 is 91.3. The van der Waals surface area contributed by atoms with Gasteiger partial charge in [0, 0.05) is 135 Å². The number of amides is 3. The molecule has 3 saturated heterocycles. The van der Waals surface area contributed by atoms with E-state index in [1.165, 1.54) is 20.8 Å². The van der Waals surface area contributed by atoms with Gasteiger partial charge in [-0.2, -0.15) is 70.4 Å². The van der Waals surface area contributed by atoms with Gasteiger partial charge in [-0.1, -0.05) is 104 Å². The van der Waals surface area contributed by atoms with Gasteiger partial charge in [-0.3, -0.25) is 14.4 Å². The van der Waals surface area contributed by atoms with Crippen LogP contribution in [0.15, 0.2) is 146 Å². The smallest absolute Gasteiger partial charge is 0.318 e. The molecule has 28 nitrogen and oxygen atoms in total. The second-order valence-corrected chi connectivity index (χ2v) is 32.9. The number of halogens is 5. The molecule has 3 atom stereocenters. The minimum atomic E-state index is -1.04. The van der Waals surface area contributed by atoms with Gasteiger partial charge in [-0.15, -0.1) is 0 Å². The van der Waals surface area contributed by atoms with Gasteiger partial charge < -0.3 is 92.2 Å². The number of phenols is 1. The van der Waals surface area contributed by atoms with Gasteiger partial charge in [0.25, 0.3) is 17.7 Å². The van der Waals surface area contributed by atoms with Crippen LogP contribution in [0.25, 0.3) is 46.9 Å². The Bertz CT molecular complexity index is 5340. The second-order valence-electron chi connectivity index (χ2n) is 32.5. The normalized spacial score (nSPS) is 18.1. The number of hydrogen-bond acceptors (Lipinski definition) is 22. The second kappa shape index (κ2) is 43.2. The Kier molecular flexibility index (Phi) is 31.8. The lowest BCUT2D eigenvalue weighted by molar-refractivity contribution is -0.131. The molecule has 0 bridgehead atoms. The fourth-order valence-electron chi connectivity index (χ4n) is 17.3. The average Bonchev–Trinajstić information content (AvgIpc) is 1.43. The molecule has 3 amide bonds. The molecule has 678 valence electrons. The molecule has 3 aliphatic carbocycles. The van der Waals surface area contributed by atoms with E-state index in [0.717, 1.165) is 129 Å². The van der Waals surface area contributed by atoms with Crippen LogP contribution in [0.3, 0.4) is 0 Å². The van der Waals surface area contributed by atoms with Crippen molar-refractivity contribution in [3.63, 3.8) is 0 Å². The zero-order valence-electron chi connectivity index (χ0n) is 71.4. The number of nitrogens with zero attached hydrogens (tertiary/aromatic N) is 18. The third-order valence-electron chi connectivity index (χ3n) is 23.9.